The van der Waals surface area contributed by atoms with Gasteiger partial charge in [0.1, 0.15) is 0 Å². The summed E-state index contributed by atoms with van der Waals surface area (Å²) in [6.45, 7) is 3.96. The molecule has 17 heavy (non-hydrogen) atoms. The lowest BCUT2D eigenvalue weighted by Gasteiger charge is -2.32. The van der Waals surface area contributed by atoms with Crippen molar-refractivity contribution in [2.24, 2.45) is 0 Å². The fourth-order valence-corrected chi connectivity index (χ4v) is 2.47. The van der Waals surface area contributed by atoms with Crippen LogP contribution in [0.1, 0.15) is 31.7 Å². The van der Waals surface area contributed by atoms with Crippen LogP contribution in [0.25, 0.3) is 6.08 Å². The van der Waals surface area contributed by atoms with Crippen LogP contribution in [0.5, 0.6) is 0 Å². The fourth-order valence-electron chi connectivity index (χ4n) is 2.47. The van der Waals surface area contributed by atoms with Gasteiger partial charge in [-0.25, -0.2) is 0 Å². The Morgan fingerprint density at radius 2 is 1.94 bits per heavy atom. The van der Waals surface area contributed by atoms with Crippen LogP contribution in [0.2, 0.25) is 0 Å². The Morgan fingerprint density at radius 3 is 2.59 bits per heavy atom. The minimum Gasteiger partial charge on any atom is -0.389 e. The van der Waals surface area contributed by atoms with Crippen molar-refractivity contribution in [2.75, 3.05) is 13.1 Å². The van der Waals surface area contributed by atoms with Crippen molar-refractivity contribution in [3.8, 4) is 0 Å². The lowest BCUT2D eigenvalue weighted by Crippen LogP contribution is -2.41. The molecule has 2 rings (SSSR count). The molecule has 0 amide bonds. The zero-order valence-corrected chi connectivity index (χ0v) is 10.4. The summed E-state index contributed by atoms with van der Waals surface area (Å²) in [5.41, 5.74) is 1.96. The van der Waals surface area contributed by atoms with Crippen molar-refractivity contribution in [3.05, 3.63) is 41.5 Å². The van der Waals surface area contributed by atoms with Gasteiger partial charge in [0, 0.05) is 0 Å². The van der Waals surface area contributed by atoms with Crippen molar-refractivity contribution >= 4 is 6.08 Å². The molecule has 1 saturated heterocycles. The van der Waals surface area contributed by atoms with Crippen molar-refractivity contribution < 1.29 is 5.11 Å². The lowest BCUT2D eigenvalue weighted by molar-refractivity contribution is 0.0112. The quantitative estimate of drug-likeness (QED) is 0.838. The van der Waals surface area contributed by atoms with E-state index in [4.69, 9.17) is 0 Å². The molecule has 1 aliphatic rings. The van der Waals surface area contributed by atoms with Crippen molar-refractivity contribution in [1.82, 2.24) is 5.32 Å². The first-order chi connectivity index (χ1) is 8.18. The van der Waals surface area contributed by atoms with Crippen LogP contribution in [0, 0.1) is 0 Å². The highest BCUT2D eigenvalue weighted by Crippen LogP contribution is 2.26. The third-order valence-corrected chi connectivity index (χ3v) is 3.35. The molecule has 0 radical (unpaired) electrons. The number of rotatable bonds is 3. The van der Waals surface area contributed by atoms with Crippen molar-refractivity contribution in [2.45, 2.75) is 31.8 Å². The summed E-state index contributed by atoms with van der Waals surface area (Å²) in [7, 11) is 0. The van der Waals surface area contributed by atoms with Crippen LogP contribution in [-0.2, 0) is 0 Å². The Balaban J connectivity index is 2.01. The molecule has 1 fully saturated rings. The summed E-state index contributed by atoms with van der Waals surface area (Å²) in [5.74, 6) is 0. The third-order valence-electron chi connectivity index (χ3n) is 3.35. The Bertz CT molecular complexity index is 377. The van der Waals surface area contributed by atoms with Crippen LogP contribution in [0.4, 0.5) is 0 Å². The molecule has 92 valence electrons. The molecule has 0 saturated carbocycles. The van der Waals surface area contributed by atoms with E-state index >= 15 is 0 Å². The predicted octanol–water partition coefficient (Wildman–Crippen LogP) is 2.59. The fraction of sp³-hybridized carbons (Fsp3) is 0.467. The second kappa shape index (κ2) is 5.48. The van der Waals surface area contributed by atoms with E-state index in [1.165, 1.54) is 11.1 Å². The van der Waals surface area contributed by atoms with Crippen LogP contribution >= 0.6 is 0 Å². The normalized spacial score (nSPS) is 20.2. The number of benzene rings is 1. The standard InChI is InChI=1S/C15H21NO/c1-13(11-14-5-3-2-4-6-14)12-15(17)7-9-16-10-8-15/h2-6,11,16-17H,7-10,12H2,1H3/b13-11+. The lowest BCUT2D eigenvalue weighted by atomic mass is 9.86. The zero-order chi connectivity index (χ0) is 12.1. The van der Waals surface area contributed by atoms with Gasteiger partial charge in [-0.1, -0.05) is 42.0 Å². The maximum atomic E-state index is 10.4. The van der Waals surface area contributed by atoms with Crippen molar-refractivity contribution in [1.29, 1.82) is 0 Å². The highest BCUT2D eigenvalue weighted by molar-refractivity contribution is 5.52. The van der Waals surface area contributed by atoms with E-state index in [9.17, 15) is 5.11 Å². The molecule has 1 aromatic carbocycles. The number of piperidine rings is 1. The summed E-state index contributed by atoms with van der Waals surface area (Å²) in [5, 5.41) is 13.7. The van der Waals surface area contributed by atoms with Gasteiger partial charge in [0.15, 0.2) is 0 Å². The molecule has 0 aromatic heterocycles. The topological polar surface area (TPSA) is 32.3 Å². The molecule has 0 bridgehead atoms. The molecule has 1 aromatic rings. The minimum atomic E-state index is -0.499. The highest BCUT2D eigenvalue weighted by Gasteiger charge is 2.28. The molecule has 2 N–H and O–H groups in total. The first-order valence-electron chi connectivity index (χ1n) is 6.33. The number of hydrogen-bond acceptors (Lipinski definition) is 2. The summed E-state index contributed by atoms with van der Waals surface area (Å²) >= 11 is 0. The smallest absolute Gasteiger partial charge is 0.0708 e. The number of nitrogens with one attached hydrogen (secondary N) is 1. The monoisotopic (exact) mass is 231 g/mol. The van der Waals surface area contributed by atoms with Crippen LogP contribution in [0.15, 0.2) is 35.9 Å². The average Bonchev–Trinajstić information content (AvgIpc) is 2.30. The summed E-state index contributed by atoms with van der Waals surface area (Å²) < 4.78 is 0. The Hall–Kier alpha value is -1.12. The molecule has 0 atom stereocenters. The number of hydrogen-bond donors (Lipinski definition) is 2. The SMILES string of the molecule is C/C(=C\c1ccccc1)CC1(O)CCNCC1. The van der Waals surface area contributed by atoms with Crippen molar-refractivity contribution in [3.63, 3.8) is 0 Å². The van der Waals surface area contributed by atoms with Gasteiger partial charge in [-0.05, 0) is 44.8 Å². The molecule has 0 spiro atoms. The molecule has 1 aliphatic heterocycles. The molecular formula is C15H21NO. The maximum Gasteiger partial charge on any atom is 0.0708 e. The van der Waals surface area contributed by atoms with E-state index in [1.54, 1.807) is 0 Å². The van der Waals surface area contributed by atoms with E-state index in [0.717, 1.165) is 32.4 Å². The Morgan fingerprint density at radius 1 is 1.29 bits per heavy atom. The van der Waals surface area contributed by atoms with Crippen LogP contribution < -0.4 is 5.32 Å². The number of aliphatic hydroxyl groups is 1. The van der Waals surface area contributed by atoms with Crippen LogP contribution in [-0.4, -0.2) is 23.8 Å². The molecule has 2 heteroatoms. The van der Waals surface area contributed by atoms with E-state index in [1.807, 2.05) is 18.2 Å². The van der Waals surface area contributed by atoms with Gasteiger partial charge in [-0.15, -0.1) is 0 Å². The highest BCUT2D eigenvalue weighted by atomic mass is 16.3. The van der Waals surface area contributed by atoms with E-state index in [0.29, 0.717) is 0 Å². The van der Waals surface area contributed by atoms with Gasteiger partial charge >= 0.3 is 0 Å². The van der Waals surface area contributed by atoms with Gasteiger partial charge in [0.05, 0.1) is 5.60 Å². The Labute approximate surface area is 103 Å². The van der Waals surface area contributed by atoms with E-state index < -0.39 is 5.60 Å². The summed E-state index contributed by atoms with van der Waals surface area (Å²) in [4.78, 5) is 0. The molecular weight excluding hydrogens is 210 g/mol. The third kappa shape index (κ3) is 3.69. The van der Waals surface area contributed by atoms with Gasteiger partial charge in [-0.3, -0.25) is 0 Å². The minimum absolute atomic E-state index is 0.499. The van der Waals surface area contributed by atoms with Gasteiger partial charge in [0.2, 0.25) is 0 Å². The summed E-state index contributed by atoms with van der Waals surface area (Å²) in [6, 6.07) is 10.3. The second-order valence-electron chi connectivity index (χ2n) is 5.05. The Kier molecular flexibility index (Phi) is 3.97. The molecule has 1 heterocycles. The van der Waals surface area contributed by atoms with Crippen LogP contribution in [0.3, 0.4) is 0 Å². The van der Waals surface area contributed by atoms with Gasteiger partial charge < -0.3 is 10.4 Å². The zero-order valence-electron chi connectivity index (χ0n) is 10.4. The van der Waals surface area contributed by atoms with E-state index in [2.05, 4.69) is 30.4 Å². The molecule has 0 unspecified atom stereocenters. The average molecular weight is 231 g/mol. The first-order valence-corrected chi connectivity index (χ1v) is 6.33. The first kappa shape index (κ1) is 12.3. The van der Waals surface area contributed by atoms with E-state index in [-0.39, 0.29) is 0 Å². The van der Waals surface area contributed by atoms with Gasteiger partial charge in [0.25, 0.3) is 0 Å². The molecule has 0 aliphatic carbocycles. The summed E-state index contributed by atoms with van der Waals surface area (Å²) in [6.07, 6.45) is 4.66. The predicted molar refractivity (Wildman–Crippen MR) is 71.8 cm³/mol. The largest absolute Gasteiger partial charge is 0.389 e. The van der Waals surface area contributed by atoms with Gasteiger partial charge in [-0.2, -0.15) is 0 Å². The maximum absolute atomic E-state index is 10.4. The molecule has 2 nitrogen and oxygen atoms in total. The second-order valence-corrected chi connectivity index (χ2v) is 5.05.